The van der Waals surface area contributed by atoms with E-state index in [1.807, 2.05) is 0 Å². The Labute approximate surface area is 200 Å². The number of aliphatic hydroxyl groups excluding tert-OH is 4. The minimum Gasteiger partial charge on any atom is -0.496 e. The van der Waals surface area contributed by atoms with Crippen molar-refractivity contribution in [2.24, 2.45) is 0 Å². The zero-order valence-electron chi connectivity index (χ0n) is 19.8. The molecule has 0 amide bonds. The zero-order valence-corrected chi connectivity index (χ0v) is 19.8. The summed E-state index contributed by atoms with van der Waals surface area (Å²) in [4.78, 5) is 0. The molecule has 0 aromatic heterocycles. The van der Waals surface area contributed by atoms with E-state index in [1.54, 1.807) is 67.6 Å². The van der Waals surface area contributed by atoms with E-state index in [-0.39, 0.29) is 19.3 Å². The third kappa shape index (κ3) is 6.15. The van der Waals surface area contributed by atoms with Gasteiger partial charge in [-0.05, 0) is 36.6 Å². The Morgan fingerprint density at radius 3 is 1.82 bits per heavy atom. The van der Waals surface area contributed by atoms with Crippen LogP contribution in [0.1, 0.15) is 24.5 Å². The molecule has 0 aliphatic carbocycles. The molecule has 2 aromatic rings. The average Bonchev–Trinajstić information content (AvgIpc) is 2.86. The van der Waals surface area contributed by atoms with Crippen LogP contribution in [0.4, 0.5) is 0 Å². The maximum atomic E-state index is 11.7. The first kappa shape index (κ1) is 27.8. The highest BCUT2D eigenvalue weighted by Gasteiger charge is 2.54. The molecular formula is C26H36O8. The Balaban J connectivity index is 2.59. The highest BCUT2D eigenvalue weighted by molar-refractivity contribution is 5.37. The van der Waals surface area contributed by atoms with Crippen LogP contribution >= 0.6 is 0 Å². The van der Waals surface area contributed by atoms with Gasteiger partial charge in [-0.15, -0.1) is 0 Å². The molecule has 8 heteroatoms. The lowest BCUT2D eigenvalue weighted by molar-refractivity contribution is -0.228. The molecule has 0 heterocycles. The first-order valence-corrected chi connectivity index (χ1v) is 11.1. The lowest BCUT2D eigenvalue weighted by Crippen LogP contribution is -2.66. The lowest BCUT2D eigenvalue weighted by Gasteiger charge is -2.46. The summed E-state index contributed by atoms with van der Waals surface area (Å²) < 4.78 is 10.7. The predicted octanol–water partition coefficient (Wildman–Crippen LogP) is 0.992. The first-order chi connectivity index (χ1) is 16.2. The molecule has 5 atom stereocenters. The minimum atomic E-state index is -2.46. The number of para-hydroxylation sites is 2. The maximum absolute atomic E-state index is 11.7. The topological polar surface area (TPSA) is 140 Å². The molecule has 0 radical (unpaired) electrons. The Hall–Kier alpha value is -2.46. The average molecular weight is 477 g/mol. The number of methoxy groups -OCH3 is 2. The SMILES string of the molecule is C/C=C/CC(O)(Cc1ccccc1OC)[C@@H](O)[C@@](O)(Cc1ccccc1OC)[C@H](O)[C@@H](O)CO. The van der Waals surface area contributed by atoms with E-state index in [9.17, 15) is 30.6 Å². The van der Waals surface area contributed by atoms with Gasteiger partial charge in [0.2, 0.25) is 0 Å². The van der Waals surface area contributed by atoms with Crippen molar-refractivity contribution >= 4 is 0 Å². The fourth-order valence-electron chi connectivity index (χ4n) is 4.20. The van der Waals surface area contributed by atoms with Crippen molar-refractivity contribution in [1.29, 1.82) is 0 Å². The van der Waals surface area contributed by atoms with Crippen molar-refractivity contribution < 1.29 is 40.1 Å². The molecular weight excluding hydrogens is 440 g/mol. The largest absolute Gasteiger partial charge is 0.496 e. The van der Waals surface area contributed by atoms with E-state index in [2.05, 4.69) is 0 Å². The van der Waals surface area contributed by atoms with E-state index >= 15 is 0 Å². The number of allylic oxidation sites excluding steroid dienone is 1. The van der Waals surface area contributed by atoms with Gasteiger partial charge in [0.15, 0.2) is 0 Å². The highest BCUT2D eigenvalue weighted by atomic mass is 16.5. The summed E-state index contributed by atoms with van der Waals surface area (Å²) >= 11 is 0. The van der Waals surface area contributed by atoms with Gasteiger partial charge in [-0.2, -0.15) is 0 Å². The van der Waals surface area contributed by atoms with E-state index in [4.69, 9.17) is 9.47 Å². The molecule has 0 aliphatic rings. The number of hydrogen-bond donors (Lipinski definition) is 6. The summed E-state index contributed by atoms with van der Waals surface area (Å²) in [7, 11) is 2.93. The second-order valence-corrected chi connectivity index (χ2v) is 8.44. The second-order valence-electron chi connectivity index (χ2n) is 8.44. The molecule has 0 saturated carbocycles. The summed E-state index contributed by atoms with van der Waals surface area (Å²) in [6, 6.07) is 13.7. The molecule has 188 valence electrons. The first-order valence-electron chi connectivity index (χ1n) is 11.1. The summed E-state index contributed by atoms with van der Waals surface area (Å²) in [6.07, 6.45) is -2.96. The van der Waals surface area contributed by atoms with Crippen LogP contribution in [-0.2, 0) is 12.8 Å². The molecule has 1 unspecified atom stereocenters. The van der Waals surface area contributed by atoms with Crippen LogP contribution in [-0.4, -0.2) is 81.0 Å². The van der Waals surface area contributed by atoms with Crippen molar-refractivity contribution in [2.75, 3.05) is 20.8 Å². The minimum absolute atomic E-state index is 0.0705. The normalized spacial score (nSPS) is 18.0. The van der Waals surface area contributed by atoms with Crippen LogP contribution in [0.2, 0.25) is 0 Å². The van der Waals surface area contributed by atoms with Crippen molar-refractivity contribution in [3.05, 3.63) is 71.8 Å². The molecule has 0 spiro atoms. The standard InChI is InChI=1S/C26H36O8/c1-4-5-14-25(31,15-18-10-6-8-12-21(18)33-2)24(30)26(32,23(29)20(28)17-27)16-19-11-7-9-13-22(19)34-3/h4-13,20,23-24,27-32H,14-17H2,1-3H3/b5-4+/t20-,23+,24+,25?,26+/m0/s1. The molecule has 8 nitrogen and oxygen atoms in total. The van der Waals surface area contributed by atoms with Crippen LogP contribution < -0.4 is 9.47 Å². The monoisotopic (exact) mass is 476 g/mol. The molecule has 34 heavy (non-hydrogen) atoms. The van der Waals surface area contributed by atoms with Crippen LogP contribution in [0.5, 0.6) is 11.5 Å². The number of rotatable bonds is 13. The van der Waals surface area contributed by atoms with Crippen LogP contribution in [0.25, 0.3) is 0 Å². The van der Waals surface area contributed by atoms with Gasteiger partial charge in [0.1, 0.15) is 41.0 Å². The van der Waals surface area contributed by atoms with Gasteiger partial charge in [-0.3, -0.25) is 0 Å². The smallest absolute Gasteiger partial charge is 0.126 e. The molecule has 0 saturated heterocycles. The van der Waals surface area contributed by atoms with Gasteiger partial charge in [0.05, 0.1) is 20.8 Å². The van der Waals surface area contributed by atoms with Gasteiger partial charge >= 0.3 is 0 Å². The molecule has 0 aliphatic heterocycles. The van der Waals surface area contributed by atoms with Crippen LogP contribution in [0.3, 0.4) is 0 Å². The van der Waals surface area contributed by atoms with Crippen molar-refractivity contribution in [2.45, 2.75) is 55.7 Å². The van der Waals surface area contributed by atoms with E-state index in [1.165, 1.54) is 14.2 Å². The van der Waals surface area contributed by atoms with Crippen LogP contribution in [0.15, 0.2) is 60.7 Å². The molecule has 2 aromatic carbocycles. The zero-order chi connectivity index (χ0) is 25.4. The van der Waals surface area contributed by atoms with Gasteiger partial charge in [-0.25, -0.2) is 0 Å². The predicted molar refractivity (Wildman–Crippen MR) is 128 cm³/mol. The van der Waals surface area contributed by atoms with Crippen LogP contribution in [0, 0.1) is 0 Å². The van der Waals surface area contributed by atoms with Gasteiger partial charge < -0.3 is 40.1 Å². The van der Waals surface area contributed by atoms with Crippen molar-refractivity contribution in [3.8, 4) is 11.5 Å². The fourth-order valence-corrected chi connectivity index (χ4v) is 4.20. The third-order valence-corrected chi connectivity index (χ3v) is 6.11. The molecule has 0 bridgehead atoms. The Kier molecular flexibility index (Phi) is 10.1. The summed E-state index contributed by atoms with van der Waals surface area (Å²) in [6.45, 7) is 0.892. The van der Waals surface area contributed by atoms with E-state index < -0.39 is 36.1 Å². The number of benzene rings is 2. The van der Waals surface area contributed by atoms with Crippen molar-refractivity contribution in [3.63, 3.8) is 0 Å². The second kappa shape index (κ2) is 12.3. The van der Waals surface area contributed by atoms with E-state index in [0.717, 1.165) is 0 Å². The molecule has 6 N–H and O–H groups in total. The summed E-state index contributed by atoms with van der Waals surface area (Å²) in [5.74, 6) is 0.873. The molecule has 0 fully saturated rings. The highest BCUT2D eigenvalue weighted by Crippen LogP contribution is 2.37. The number of ether oxygens (including phenoxy) is 2. The molecule has 2 rings (SSSR count). The third-order valence-electron chi connectivity index (χ3n) is 6.11. The summed E-state index contributed by atoms with van der Waals surface area (Å²) in [5.41, 5.74) is -3.43. The van der Waals surface area contributed by atoms with Crippen molar-refractivity contribution in [1.82, 2.24) is 0 Å². The maximum Gasteiger partial charge on any atom is 0.126 e. The lowest BCUT2D eigenvalue weighted by atomic mass is 9.71. The quantitative estimate of drug-likeness (QED) is 0.235. The number of hydrogen-bond acceptors (Lipinski definition) is 8. The van der Waals surface area contributed by atoms with Gasteiger partial charge in [0, 0.05) is 12.8 Å². The Bertz CT molecular complexity index is 933. The van der Waals surface area contributed by atoms with Gasteiger partial charge in [-0.1, -0.05) is 48.6 Å². The Morgan fingerprint density at radius 2 is 1.35 bits per heavy atom. The number of aliphatic hydroxyl groups is 6. The van der Waals surface area contributed by atoms with Gasteiger partial charge in [0.25, 0.3) is 0 Å². The Morgan fingerprint density at radius 1 is 0.853 bits per heavy atom. The fraction of sp³-hybridized carbons (Fsp3) is 0.462. The summed E-state index contributed by atoms with van der Waals surface area (Å²) in [5, 5.41) is 65.5. The van der Waals surface area contributed by atoms with E-state index in [0.29, 0.717) is 22.6 Å².